The number of carbonyl (C=O) groups is 2. The van der Waals surface area contributed by atoms with Crippen LogP contribution in [0, 0.1) is 0 Å². The molecule has 6 heteroatoms. The summed E-state index contributed by atoms with van der Waals surface area (Å²) in [6.45, 7) is 0. The predicted molar refractivity (Wildman–Crippen MR) is 51.1 cm³/mol. The molecule has 0 rings (SSSR count). The van der Waals surface area contributed by atoms with E-state index in [4.69, 9.17) is 0 Å². The fraction of sp³-hybridized carbons (Fsp3) is 0.500. The highest BCUT2D eigenvalue weighted by atomic mass is 127. The van der Waals surface area contributed by atoms with Gasteiger partial charge in [0, 0.05) is 0 Å². The van der Waals surface area contributed by atoms with Crippen LogP contribution in [-0.4, -0.2) is 21.6 Å². The molecule has 60 valence electrons. The van der Waals surface area contributed by atoms with Crippen molar-refractivity contribution in [2.75, 3.05) is 9.76 Å². The number of hydrogen-bond donors (Lipinski definition) is 2. The van der Waals surface area contributed by atoms with Crippen molar-refractivity contribution < 1.29 is 9.59 Å². The number of rotatable bonds is 2. The highest BCUT2D eigenvalue weighted by Gasteiger charge is 1.79. The second kappa shape index (κ2) is 9.15. The fourth-order valence-corrected chi connectivity index (χ4v) is 0. The second-order valence-electron chi connectivity index (χ2n) is 1.20. The Kier molecular flexibility index (Phi) is 11.7. The van der Waals surface area contributed by atoms with E-state index in [-0.39, 0.29) is 17.1 Å². The van der Waals surface area contributed by atoms with Gasteiger partial charge < -0.3 is 11.5 Å². The third kappa shape index (κ3) is 24.2. The molecule has 2 amide bonds. The number of nitrogens with two attached hydrogens (primary N) is 2. The zero-order chi connectivity index (χ0) is 8.57. The van der Waals surface area contributed by atoms with Gasteiger partial charge in [-0.05, 0) is 0 Å². The molecule has 0 heterocycles. The van der Waals surface area contributed by atoms with E-state index in [1.165, 1.54) is 0 Å². The summed E-state index contributed by atoms with van der Waals surface area (Å²) < 4.78 is 0.414. The number of carbonyl (C=O) groups excluding carboxylic acids is 2. The van der Waals surface area contributed by atoms with E-state index in [0.29, 0.717) is 4.43 Å². The maximum absolute atomic E-state index is 9.58. The van der Waals surface area contributed by atoms with Gasteiger partial charge in [-0.1, -0.05) is 38.5 Å². The molecule has 0 aromatic rings. The largest absolute Gasteiger partial charge is 0.369 e. The molecule has 0 saturated heterocycles. The van der Waals surface area contributed by atoms with Crippen LogP contribution < -0.4 is 11.5 Å². The van der Waals surface area contributed by atoms with Gasteiger partial charge in [0.2, 0.25) is 11.8 Å². The summed E-state index contributed by atoms with van der Waals surface area (Å²) in [5, 5.41) is 0.257. The van der Waals surface area contributed by atoms with E-state index in [9.17, 15) is 9.59 Å². The third-order valence-corrected chi connectivity index (χ3v) is 1.57. The molecular formula is C4H8BrIN2O2. The van der Waals surface area contributed by atoms with Gasteiger partial charge in [-0.2, -0.15) is 0 Å². The van der Waals surface area contributed by atoms with Crippen molar-refractivity contribution in [1.82, 2.24) is 0 Å². The lowest BCUT2D eigenvalue weighted by atomic mass is 10.8. The predicted octanol–water partition coefficient (Wildman–Crippen LogP) is -0.227. The molecule has 0 unspecified atom stereocenters. The molecule has 4 nitrogen and oxygen atoms in total. The quantitative estimate of drug-likeness (QED) is 0.543. The summed E-state index contributed by atoms with van der Waals surface area (Å²) in [7, 11) is 0. The maximum atomic E-state index is 9.58. The van der Waals surface area contributed by atoms with Crippen LogP contribution in [0.5, 0.6) is 0 Å². The average Bonchev–Trinajstić information content (AvgIpc) is 1.89. The van der Waals surface area contributed by atoms with Crippen molar-refractivity contribution in [3.8, 4) is 0 Å². The Hall–Kier alpha value is 0.150. The van der Waals surface area contributed by atoms with Crippen molar-refractivity contribution in [3.63, 3.8) is 0 Å². The zero-order valence-electron chi connectivity index (χ0n) is 5.14. The van der Waals surface area contributed by atoms with Crippen molar-refractivity contribution in [3.05, 3.63) is 0 Å². The molecule has 0 saturated carbocycles. The first kappa shape index (κ1) is 12.8. The summed E-state index contributed by atoms with van der Waals surface area (Å²) >= 11 is 4.74. The normalized spacial score (nSPS) is 7.40. The minimum atomic E-state index is -0.329. The van der Waals surface area contributed by atoms with Crippen LogP contribution >= 0.6 is 38.5 Å². The lowest BCUT2D eigenvalue weighted by molar-refractivity contribution is -0.116. The highest BCUT2D eigenvalue weighted by Crippen LogP contribution is 1.72. The number of primary amides is 2. The van der Waals surface area contributed by atoms with Crippen molar-refractivity contribution >= 4 is 50.3 Å². The van der Waals surface area contributed by atoms with Crippen LogP contribution in [0.1, 0.15) is 0 Å². The summed E-state index contributed by atoms with van der Waals surface area (Å²) in [6, 6.07) is 0. The number of halogens is 2. The number of amides is 2. The average molecular weight is 323 g/mol. The molecule has 10 heavy (non-hydrogen) atoms. The van der Waals surface area contributed by atoms with Gasteiger partial charge in [0.05, 0.1) is 9.76 Å². The lowest BCUT2D eigenvalue weighted by Gasteiger charge is -1.71. The van der Waals surface area contributed by atoms with Gasteiger partial charge in [-0.3, -0.25) is 9.59 Å². The Morgan fingerprint density at radius 1 is 1.30 bits per heavy atom. The molecule has 0 aliphatic rings. The van der Waals surface area contributed by atoms with E-state index in [2.05, 4.69) is 27.4 Å². The summed E-state index contributed by atoms with van der Waals surface area (Å²) in [5.41, 5.74) is 9.25. The molecule has 0 spiro atoms. The molecule has 0 aromatic heterocycles. The summed E-state index contributed by atoms with van der Waals surface area (Å²) in [5.74, 6) is -0.587. The van der Waals surface area contributed by atoms with E-state index >= 15 is 0 Å². The smallest absolute Gasteiger partial charge is 0.228 e. The topological polar surface area (TPSA) is 86.2 Å². The first-order valence-electron chi connectivity index (χ1n) is 2.23. The Morgan fingerprint density at radius 3 is 1.50 bits per heavy atom. The van der Waals surface area contributed by atoms with E-state index < -0.39 is 0 Å². The van der Waals surface area contributed by atoms with E-state index in [1.807, 2.05) is 22.6 Å². The van der Waals surface area contributed by atoms with Gasteiger partial charge in [-0.25, -0.2) is 0 Å². The van der Waals surface area contributed by atoms with Crippen LogP contribution in [-0.2, 0) is 9.59 Å². The molecule has 0 aromatic carbocycles. The third-order valence-electron chi connectivity index (χ3n) is 0.263. The molecule has 0 bridgehead atoms. The molecule has 0 fully saturated rings. The van der Waals surface area contributed by atoms with Crippen LogP contribution in [0.25, 0.3) is 0 Å². The monoisotopic (exact) mass is 322 g/mol. The van der Waals surface area contributed by atoms with Gasteiger partial charge in [0.1, 0.15) is 0 Å². The first-order chi connectivity index (χ1) is 4.54. The van der Waals surface area contributed by atoms with E-state index in [0.717, 1.165) is 0 Å². The van der Waals surface area contributed by atoms with E-state index in [1.54, 1.807) is 0 Å². The molecule has 0 radical (unpaired) electrons. The molecule has 4 N–H and O–H groups in total. The molecule has 0 aliphatic carbocycles. The minimum Gasteiger partial charge on any atom is -0.369 e. The minimum absolute atomic E-state index is 0.257. The lowest BCUT2D eigenvalue weighted by Crippen LogP contribution is -2.10. The standard InChI is InChI=1S/C2H4BrNO.C2H4INO/c2*3-1-2(4)5/h2*1H2,(H2,4,5). The van der Waals surface area contributed by atoms with Crippen LogP contribution in [0.4, 0.5) is 0 Å². The first-order valence-corrected chi connectivity index (χ1v) is 4.87. The van der Waals surface area contributed by atoms with Crippen molar-refractivity contribution in [1.29, 1.82) is 0 Å². The molecular weight excluding hydrogens is 315 g/mol. The molecule has 0 aliphatic heterocycles. The van der Waals surface area contributed by atoms with Crippen molar-refractivity contribution in [2.45, 2.75) is 0 Å². The maximum Gasteiger partial charge on any atom is 0.228 e. The fourth-order valence-electron chi connectivity index (χ4n) is 0. The molecule has 0 atom stereocenters. The van der Waals surface area contributed by atoms with Crippen LogP contribution in [0.2, 0.25) is 0 Å². The van der Waals surface area contributed by atoms with Gasteiger partial charge >= 0.3 is 0 Å². The zero-order valence-corrected chi connectivity index (χ0v) is 8.88. The summed E-state index contributed by atoms with van der Waals surface area (Å²) in [6.07, 6.45) is 0. The summed E-state index contributed by atoms with van der Waals surface area (Å²) in [4.78, 5) is 19.1. The number of alkyl halides is 2. The van der Waals surface area contributed by atoms with Gasteiger partial charge in [-0.15, -0.1) is 0 Å². The number of hydrogen-bond acceptors (Lipinski definition) is 2. The van der Waals surface area contributed by atoms with Gasteiger partial charge in [0.15, 0.2) is 0 Å². The second-order valence-corrected chi connectivity index (χ2v) is 2.52. The van der Waals surface area contributed by atoms with Gasteiger partial charge in [0.25, 0.3) is 0 Å². The van der Waals surface area contributed by atoms with Crippen molar-refractivity contribution in [2.24, 2.45) is 11.5 Å². The van der Waals surface area contributed by atoms with Crippen LogP contribution in [0.3, 0.4) is 0 Å². The Bertz CT molecular complexity index is 106. The Morgan fingerprint density at radius 2 is 1.50 bits per heavy atom. The highest BCUT2D eigenvalue weighted by molar-refractivity contribution is 14.1. The SMILES string of the molecule is NC(=O)CBr.NC(=O)CI. The van der Waals surface area contributed by atoms with Crippen LogP contribution in [0.15, 0.2) is 0 Å². The Labute approximate surface area is 81.0 Å². The Balaban J connectivity index is 0.